The lowest BCUT2D eigenvalue weighted by atomic mass is 10.1. The molecule has 4 nitrogen and oxygen atoms in total. The van der Waals surface area contributed by atoms with Crippen molar-refractivity contribution < 1.29 is 14.3 Å². The molecule has 0 saturated carbocycles. The fourth-order valence-electron chi connectivity index (χ4n) is 1.73. The molecule has 2 aromatic rings. The molecule has 1 heterocycles. The number of para-hydroxylation sites is 1. The van der Waals surface area contributed by atoms with E-state index in [1.54, 1.807) is 6.07 Å². The summed E-state index contributed by atoms with van der Waals surface area (Å²) in [6.07, 6.45) is 1.22. The number of pyridine rings is 1. The maximum absolute atomic E-state index is 10.6. The first kappa shape index (κ1) is 15.2. The predicted molar refractivity (Wildman–Crippen MR) is 80.3 cm³/mol. The van der Waals surface area contributed by atoms with E-state index in [0.29, 0.717) is 18.9 Å². The molecule has 0 fully saturated rings. The van der Waals surface area contributed by atoms with Crippen molar-refractivity contribution in [3.8, 4) is 11.6 Å². The lowest BCUT2D eigenvalue weighted by Gasteiger charge is -2.22. The van der Waals surface area contributed by atoms with Gasteiger partial charge in [-0.15, -0.1) is 0 Å². The molecule has 0 aliphatic rings. The van der Waals surface area contributed by atoms with Crippen molar-refractivity contribution in [3.05, 3.63) is 54.2 Å². The topological polar surface area (TPSA) is 48.4 Å². The minimum atomic E-state index is -0.486. The Bertz CT molecular complexity index is 582. The smallest absolute Gasteiger partial charge is 0.219 e. The average molecular weight is 285 g/mol. The number of aldehydes is 1. The van der Waals surface area contributed by atoms with Crippen LogP contribution in [-0.2, 0) is 16.1 Å². The Balaban J connectivity index is 1.99. The molecule has 0 amide bonds. The van der Waals surface area contributed by atoms with Gasteiger partial charge in [-0.25, -0.2) is 4.98 Å². The first-order valence-corrected chi connectivity index (χ1v) is 6.85. The number of carbonyl (C=O) groups is 1. The highest BCUT2D eigenvalue weighted by molar-refractivity contribution is 5.51. The highest BCUT2D eigenvalue weighted by Crippen LogP contribution is 2.20. The Kier molecular flexibility index (Phi) is 5.06. The molecule has 0 atom stereocenters. The Morgan fingerprint density at radius 1 is 1.10 bits per heavy atom. The van der Waals surface area contributed by atoms with Gasteiger partial charge in [0.2, 0.25) is 5.88 Å². The van der Waals surface area contributed by atoms with E-state index < -0.39 is 5.60 Å². The van der Waals surface area contributed by atoms with Crippen LogP contribution in [0.5, 0.6) is 11.6 Å². The van der Waals surface area contributed by atoms with Crippen LogP contribution in [0.3, 0.4) is 0 Å². The monoisotopic (exact) mass is 285 g/mol. The van der Waals surface area contributed by atoms with Gasteiger partial charge in [-0.2, -0.15) is 0 Å². The van der Waals surface area contributed by atoms with E-state index in [2.05, 4.69) is 4.98 Å². The fraction of sp³-hybridized carbons (Fsp3) is 0.294. The number of rotatable bonds is 7. The summed E-state index contributed by atoms with van der Waals surface area (Å²) in [6.45, 7) is 4.10. The summed E-state index contributed by atoms with van der Waals surface area (Å²) in [7, 11) is 0. The van der Waals surface area contributed by atoms with Gasteiger partial charge >= 0.3 is 0 Å². The van der Waals surface area contributed by atoms with Gasteiger partial charge in [0.1, 0.15) is 12.0 Å². The van der Waals surface area contributed by atoms with Crippen molar-refractivity contribution in [2.75, 3.05) is 0 Å². The summed E-state index contributed by atoms with van der Waals surface area (Å²) in [4.78, 5) is 15.0. The molecule has 110 valence electrons. The number of hydrogen-bond acceptors (Lipinski definition) is 4. The van der Waals surface area contributed by atoms with E-state index in [4.69, 9.17) is 9.47 Å². The summed E-state index contributed by atoms with van der Waals surface area (Å²) in [5.74, 6) is 1.26. The molecule has 1 aromatic heterocycles. The Labute approximate surface area is 124 Å². The van der Waals surface area contributed by atoms with Crippen LogP contribution in [0.2, 0.25) is 0 Å². The number of aromatic nitrogens is 1. The van der Waals surface area contributed by atoms with Gasteiger partial charge in [0.15, 0.2) is 0 Å². The van der Waals surface area contributed by atoms with Crippen molar-refractivity contribution in [1.29, 1.82) is 0 Å². The van der Waals surface area contributed by atoms with Crippen LogP contribution in [0.1, 0.15) is 26.0 Å². The third kappa shape index (κ3) is 5.00. The summed E-state index contributed by atoms with van der Waals surface area (Å²) in [5, 5.41) is 0. The molecular formula is C17H19NO3. The molecule has 0 unspecified atom stereocenters. The molecule has 0 saturated heterocycles. The minimum absolute atomic E-state index is 0.340. The minimum Gasteiger partial charge on any atom is -0.439 e. The van der Waals surface area contributed by atoms with E-state index in [9.17, 15) is 4.79 Å². The molecule has 0 radical (unpaired) electrons. The van der Waals surface area contributed by atoms with Gasteiger partial charge < -0.3 is 14.3 Å². The van der Waals surface area contributed by atoms with Crippen molar-refractivity contribution in [2.24, 2.45) is 0 Å². The van der Waals surface area contributed by atoms with Crippen LogP contribution >= 0.6 is 0 Å². The van der Waals surface area contributed by atoms with E-state index in [-0.39, 0.29) is 0 Å². The van der Waals surface area contributed by atoms with Crippen molar-refractivity contribution >= 4 is 6.29 Å². The molecule has 0 bridgehead atoms. The van der Waals surface area contributed by atoms with E-state index in [0.717, 1.165) is 17.7 Å². The van der Waals surface area contributed by atoms with Gasteiger partial charge in [-0.1, -0.05) is 24.3 Å². The Hall–Kier alpha value is -2.20. The zero-order valence-corrected chi connectivity index (χ0v) is 12.3. The fourth-order valence-corrected chi connectivity index (χ4v) is 1.73. The number of carbonyl (C=O) groups excluding carboxylic acids is 1. The van der Waals surface area contributed by atoms with Crippen LogP contribution in [0.25, 0.3) is 0 Å². The third-order valence-corrected chi connectivity index (χ3v) is 2.93. The Morgan fingerprint density at radius 3 is 2.57 bits per heavy atom. The summed E-state index contributed by atoms with van der Waals surface area (Å²) in [5.41, 5.74) is 0.280. The summed E-state index contributed by atoms with van der Waals surface area (Å²) in [6, 6.07) is 15.0. The standard InChI is InChI=1S/C17H19NO3/c1-17(2,11-12-19)20-13-14-7-6-10-16(18-14)21-15-8-4-3-5-9-15/h3-10,12H,11,13H2,1-2H3. The van der Waals surface area contributed by atoms with E-state index in [1.807, 2.05) is 56.3 Å². The molecular weight excluding hydrogens is 266 g/mol. The molecule has 4 heteroatoms. The Morgan fingerprint density at radius 2 is 1.86 bits per heavy atom. The third-order valence-electron chi connectivity index (χ3n) is 2.93. The number of ether oxygens (including phenoxy) is 2. The van der Waals surface area contributed by atoms with E-state index in [1.165, 1.54) is 0 Å². The van der Waals surface area contributed by atoms with Crippen LogP contribution in [0.4, 0.5) is 0 Å². The lowest BCUT2D eigenvalue weighted by Crippen LogP contribution is -2.24. The van der Waals surface area contributed by atoms with Gasteiger partial charge in [0, 0.05) is 12.5 Å². The van der Waals surface area contributed by atoms with Gasteiger partial charge in [0.25, 0.3) is 0 Å². The van der Waals surface area contributed by atoms with Crippen molar-refractivity contribution in [1.82, 2.24) is 4.98 Å². The van der Waals surface area contributed by atoms with Gasteiger partial charge in [0.05, 0.1) is 17.9 Å². The largest absolute Gasteiger partial charge is 0.439 e. The normalized spacial score (nSPS) is 11.1. The molecule has 0 aliphatic carbocycles. The van der Waals surface area contributed by atoms with Crippen LogP contribution < -0.4 is 4.74 Å². The van der Waals surface area contributed by atoms with E-state index >= 15 is 0 Å². The molecule has 1 aromatic carbocycles. The summed E-state index contributed by atoms with van der Waals surface area (Å²) >= 11 is 0. The second-order valence-corrected chi connectivity index (χ2v) is 5.30. The zero-order valence-electron chi connectivity index (χ0n) is 12.3. The SMILES string of the molecule is CC(C)(CC=O)OCc1cccc(Oc2ccccc2)n1. The molecule has 0 aliphatic heterocycles. The quantitative estimate of drug-likeness (QED) is 0.727. The molecule has 21 heavy (non-hydrogen) atoms. The summed E-state index contributed by atoms with van der Waals surface area (Å²) < 4.78 is 11.4. The highest BCUT2D eigenvalue weighted by atomic mass is 16.5. The maximum atomic E-state index is 10.6. The van der Waals surface area contributed by atoms with Gasteiger partial charge in [-0.05, 0) is 32.0 Å². The molecule has 2 rings (SSSR count). The second-order valence-electron chi connectivity index (χ2n) is 5.30. The first-order chi connectivity index (χ1) is 10.1. The number of benzene rings is 1. The van der Waals surface area contributed by atoms with Crippen LogP contribution in [0, 0.1) is 0 Å². The maximum Gasteiger partial charge on any atom is 0.219 e. The first-order valence-electron chi connectivity index (χ1n) is 6.85. The lowest BCUT2D eigenvalue weighted by molar-refractivity contribution is -0.114. The molecule has 0 N–H and O–H groups in total. The predicted octanol–water partition coefficient (Wildman–Crippen LogP) is 3.76. The van der Waals surface area contributed by atoms with Gasteiger partial charge in [-0.3, -0.25) is 0 Å². The van der Waals surface area contributed by atoms with Crippen LogP contribution in [-0.4, -0.2) is 16.9 Å². The van der Waals surface area contributed by atoms with Crippen LogP contribution in [0.15, 0.2) is 48.5 Å². The number of nitrogens with zero attached hydrogens (tertiary/aromatic N) is 1. The van der Waals surface area contributed by atoms with Crippen molar-refractivity contribution in [3.63, 3.8) is 0 Å². The van der Waals surface area contributed by atoms with Crippen molar-refractivity contribution in [2.45, 2.75) is 32.5 Å². The number of hydrogen-bond donors (Lipinski definition) is 0. The average Bonchev–Trinajstić information content (AvgIpc) is 2.47. The highest BCUT2D eigenvalue weighted by Gasteiger charge is 2.18. The molecule has 0 spiro atoms. The second kappa shape index (κ2) is 6.99. The zero-order chi connectivity index (χ0) is 15.1.